The highest BCUT2D eigenvalue weighted by atomic mass is 16.1. The van der Waals surface area contributed by atoms with Crippen molar-refractivity contribution in [2.45, 2.75) is 65.2 Å². The van der Waals surface area contributed by atoms with Crippen LogP contribution < -0.4 is 0 Å². The van der Waals surface area contributed by atoms with Crippen LogP contribution in [0.4, 0.5) is 0 Å². The second kappa shape index (κ2) is 8.84. The van der Waals surface area contributed by atoms with Crippen molar-refractivity contribution < 1.29 is 4.79 Å². The van der Waals surface area contributed by atoms with Gasteiger partial charge in [-0.15, -0.1) is 0 Å². The van der Waals surface area contributed by atoms with Crippen LogP contribution in [0.2, 0.25) is 0 Å². The van der Waals surface area contributed by atoms with Crippen LogP contribution in [-0.4, -0.2) is 21.0 Å². The van der Waals surface area contributed by atoms with Gasteiger partial charge in [-0.2, -0.15) is 5.10 Å². The molecule has 0 saturated heterocycles. The molecule has 0 amide bonds. The predicted molar refractivity (Wildman–Crippen MR) is 72.5 cm³/mol. The van der Waals surface area contributed by atoms with Crippen molar-refractivity contribution in [3.05, 3.63) is 12.2 Å². The lowest BCUT2D eigenvalue weighted by molar-refractivity contribution is 0.0891. The number of ketones is 1. The zero-order valence-electron chi connectivity index (χ0n) is 11.6. The normalized spacial score (nSPS) is 11.1. The third-order valence-electron chi connectivity index (χ3n) is 3.33. The first kappa shape index (κ1) is 14.9. The Balaban J connectivity index is 2.49. The molecule has 1 aromatic rings. The number of rotatable bonds is 10. The smallest absolute Gasteiger partial charge is 0.202 e. The molecule has 1 rings (SSSR count). The topological polar surface area (TPSA) is 58.6 Å². The Labute approximate surface area is 110 Å². The van der Waals surface area contributed by atoms with Gasteiger partial charge >= 0.3 is 0 Å². The van der Waals surface area contributed by atoms with E-state index in [2.05, 4.69) is 29.0 Å². The molecule has 0 unspecified atom stereocenters. The standard InChI is InChI=1S/C14H25N3O/c1-3-5-7-9-12(10-8-6-4-2)13(18)14-15-11-16-17-14/h11-12H,3-10H2,1-2H3,(H,15,16,17). The van der Waals surface area contributed by atoms with Gasteiger partial charge in [0.2, 0.25) is 5.78 Å². The van der Waals surface area contributed by atoms with Gasteiger partial charge in [-0.3, -0.25) is 9.89 Å². The molecule has 0 aliphatic carbocycles. The zero-order valence-corrected chi connectivity index (χ0v) is 11.6. The fourth-order valence-electron chi connectivity index (χ4n) is 2.21. The first-order valence-electron chi connectivity index (χ1n) is 7.19. The average molecular weight is 251 g/mol. The third-order valence-corrected chi connectivity index (χ3v) is 3.33. The first-order chi connectivity index (χ1) is 8.79. The lowest BCUT2D eigenvalue weighted by Gasteiger charge is -2.13. The summed E-state index contributed by atoms with van der Waals surface area (Å²) in [6.07, 6.45) is 10.4. The van der Waals surface area contributed by atoms with Crippen LogP contribution in [0.15, 0.2) is 6.33 Å². The van der Waals surface area contributed by atoms with E-state index in [1.807, 2.05) is 0 Å². The van der Waals surface area contributed by atoms with E-state index in [1.54, 1.807) is 0 Å². The number of H-pyrrole nitrogens is 1. The molecule has 0 aliphatic heterocycles. The highest BCUT2D eigenvalue weighted by Crippen LogP contribution is 2.20. The average Bonchev–Trinajstić information content (AvgIpc) is 2.90. The molecule has 4 heteroatoms. The van der Waals surface area contributed by atoms with Gasteiger partial charge in [0, 0.05) is 5.92 Å². The zero-order chi connectivity index (χ0) is 13.2. The van der Waals surface area contributed by atoms with Crippen molar-refractivity contribution in [3.63, 3.8) is 0 Å². The second-order valence-electron chi connectivity index (χ2n) is 4.89. The van der Waals surface area contributed by atoms with E-state index in [4.69, 9.17) is 0 Å². The first-order valence-corrected chi connectivity index (χ1v) is 7.19. The Kier molecular flexibility index (Phi) is 7.30. The molecule has 0 aliphatic rings. The van der Waals surface area contributed by atoms with Crippen molar-refractivity contribution in [2.24, 2.45) is 5.92 Å². The Morgan fingerprint density at radius 2 is 1.78 bits per heavy atom. The van der Waals surface area contributed by atoms with Crippen molar-refractivity contribution in [1.82, 2.24) is 15.2 Å². The highest BCUT2D eigenvalue weighted by Gasteiger charge is 2.21. The number of hydrogen-bond acceptors (Lipinski definition) is 3. The van der Waals surface area contributed by atoms with Crippen molar-refractivity contribution >= 4 is 5.78 Å². The number of Topliss-reactive ketones (excluding diaryl/α,β-unsaturated/α-hetero) is 1. The van der Waals surface area contributed by atoms with E-state index in [0.717, 1.165) is 25.7 Å². The van der Waals surface area contributed by atoms with E-state index >= 15 is 0 Å². The van der Waals surface area contributed by atoms with Gasteiger partial charge in [0.25, 0.3) is 0 Å². The number of nitrogens with one attached hydrogen (secondary N) is 1. The minimum absolute atomic E-state index is 0.121. The number of hydrogen-bond donors (Lipinski definition) is 1. The summed E-state index contributed by atoms with van der Waals surface area (Å²) in [7, 11) is 0. The van der Waals surface area contributed by atoms with Crippen molar-refractivity contribution in [1.29, 1.82) is 0 Å². The molecule has 0 saturated carbocycles. The number of unbranched alkanes of at least 4 members (excludes halogenated alkanes) is 4. The minimum Gasteiger partial charge on any atom is -0.290 e. The maximum absolute atomic E-state index is 12.3. The third kappa shape index (κ3) is 4.98. The number of carbonyl (C=O) groups is 1. The van der Waals surface area contributed by atoms with Crippen LogP contribution in [0.3, 0.4) is 0 Å². The summed E-state index contributed by atoms with van der Waals surface area (Å²) in [6.45, 7) is 4.37. The number of aromatic nitrogens is 3. The molecular formula is C14H25N3O. The Morgan fingerprint density at radius 1 is 1.17 bits per heavy atom. The highest BCUT2D eigenvalue weighted by molar-refractivity contribution is 5.94. The summed E-state index contributed by atoms with van der Waals surface area (Å²) in [5.41, 5.74) is 0. The largest absolute Gasteiger partial charge is 0.290 e. The van der Waals surface area contributed by atoms with Crippen molar-refractivity contribution in [2.75, 3.05) is 0 Å². The van der Waals surface area contributed by atoms with Crippen molar-refractivity contribution in [3.8, 4) is 0 Å². The summed E-state index contributed by atoms with van der Waals surface area (Å²) in [4.78, 5) is 16.2. The molecule has 4 nitrogen and oxygen atoms in total. The van der Waals surface area contributed by atoms with Gasteiger partial charge in [0.1, 0.15) is 6.33 Å². The molecule has 0 fully saturated rings. The fourth-order valence-corrected chi connectivity index (χ4v) is 2.21. The van der Waals surface area contributed by atoms with Gasteiger partial charge < -0.3 is 0 Å². The van der Waals surface area contributed by atoms with Gasteiger partial charge in [-0.1, -0.05) is 52.4 Å². The predicted octanol–water partition coefficient (Wildman–Crippen LogP) is 3.76. The van der Waals surface area contributed by atoms with Gasteiger partial charge in [0.05, 0.1) is 0 Å². The molecule has 0 atom stereocenters. The molecule has 1 heterocycles. The molecule has 102 valence electrons. The molecule has 0 spiro atoms. The van der Waals surface area contributed by atoms with E-state index in [9.17, 15) is 4.79 Å². The quantitative estimate of drug-likeness (QED) is 0.508. The number of nitrogens with zero attached hydrogens (tertiary/aromatic N) is 2. The maximum Gasteiger partial charge on any atom is 0.202 e. The van der Waals surface area contributed by atoms with E-state index in [-0.39, 0.29) is 11.7 Å². The lowest BCUT2D eigenvalue weighted by Crippen LogP contribution is -2.16. The molecule has 18 heavy (non-hydrogen) atoms. The van der Waals surface area contributed by atoms with Crippen LogP contribution in [0.1, 0.15) is 75.8 Å². The second-order valence-corrected chi connectivity index (χ2v) is 4.89. The Hall–Kier alpha value is -1.19. The van der Waals surface area contributed by atoms with E-state index < -0.39 is 0 Å². The summed E-state index contributed by atoms with van der Waals surface area (Å²) in [5.74, 6) is 0.684. The molecule has 0 aromatic carbocycles. The fraction of sp³-hybridized carbons (Fsp3) is 0.786. The summed E-state index contributed by atoms with van der Waals surface area (Å²) in [6, 6.07) is 0. The van der Waals surface area contributed by atoms with Gasteiger partial charge in [0.15, 0.2) is 5.82 Å². The lowest BCUT2D eigenvalue weighted by atomic mass is 9.91. The summed E-state index contributed by atoms with van der Waals surface area (Å²) >= 11 is 0. The number of aromatic amines is 1. The maximum atomic E-state index is 12.3. The van der Waals surface area contributed by atoms with E-state index in [1.165, 1.54) is 32.0 Å². The van der Waals surface area contributed by atoms with Crippen LogP contribution in [0.25, 0.3) is 0 Å². The molecule has 0 radical (unpaired) electrons. The summed E-state index contributed by atoms with van der Waals surface area (Å²) < 4.78 is 0. The van der Waals surface area contributed by atoms with E-state index in [0.29, 0.717) is 5.82 Å². The summed E-state index contributed by atoms with van der Waals surface area (Å²) in [5, 5.41) is 6.45. The van der Waals surface area contributed by atoms with Gasteiger partial charge in [-0.25, -0.2) is 4.98 Å². The van der Waals surface area contributed by atoms with Crippen LogP contribution in [0, 0.1) is 5.92 Å². The molecular weight excluding hydrogens is 226 g/mol. The molecule has 1 N–H and O–H groups in total. The Bertz CT molecular complexity index is 312. The minimum atomic E-state index is 0.121. The number of carbonyl (C=O) groups excluding carboxylic acids is 1. The van der Waals surface area contributed by atoms with Crippen LogP contribution >= 0.6 is 0 Å². The van der Waals surface area contributed by atoms with Crippen LogP contribution in [-0.2, 0) is 0 Å². The molecule has 0 bridgehead atoms. The SMILES string of the molecule is CCCCCC(CCCCC)C(=O)c1ncn[nH]1. The molecule has 1 aromatic heterocycles. The monoisotopic (exact) mass is 251 g/mol. The van der Waals surface area contributed by atoms with Gasteiger partial charge in [-0.05, 0) is 12.8 Å². The Morgan fingerprint density at radius 3 is 2.22 bits per heavy atom. The van der Waals surface area contributed by atoms with Crippen LogP contribution in [0.5, 0.6) is 0 Å².